The average molecular weight is 122 g/mol. The number of hydrogen-bond donors (Lipinski definition) is 1. The van der Waals surface area contributed by atoms with Gasteiger partial charge in [-0.15, -0.1) is 0 Å². The van der Waals surface area contributed by atoms with E-state index in [1.807, 2.05) is 26.1 Å². The molecule has 0 bridgehead atoms. The van der Waals surface area contributed by atoms with Crippen LogP contribution in [0.25, 0.3) is 5.57 Å². The van der Waals surface area contributed by atoms with Crippen molar-refractivity contribution in [3.8, 4) is 0 Å². The van der Waals surface area contributed by atoms with Crippen molar-refractivity contribution in [2.24, 2.45) is 0 Å². The Morgan fingerprint density at radius 3 is 3.00 bits per heavy atom. The van der Waals surface area contributed by atoms with Gasteiger partial charge in [0.25, 0.3) is 0 Å². The second-order valence-electron chi connectivity index (χ2n) is 1.91. The van der Waals surface area contributed by atoms with Gasteiger partial charge in [-0.25, -0.2) is 4.98 Å². The Labute approximate surface area is 54.6 Å². The van der Waals surface area contributed by atoms with Crippen molar-refractivity contribution in [1.29, 1.82) is 0 Å². The van der Waals surface area contributed by atoms with Crippen molar-refractivity contribution >= 4 is 5.57 Å². The zero-order valence-electron chi connectivity index (χ0n) is 5.68. The smallest absolute Gasteiger partial charge is 0.132 e. The van der Waals surface area contributed by atoms with Crippen LogP contribution < -0.4 is 0 Å². The molecule has 0 aliphatic carbocycles. The summed E-state index contributed by atoms with van der Waals surface area (Å²) in [4.78, 5) is 7.07. The minimum atomic E-state index is 0.956. The molecule has 1 rings (SSSR count). The fraction of sp³-hybridized carbons (Fsp3) is 0.286. The van der Waals surface area contributed by atoms with Crippen LogP contribution in [0, 0.1) is 0 Å². The van der Waals surface area contributed by atoms with Crippen molar-refractivity contribution in [3.63, 3.8) is 0 Å². The van der Waals surface area contributed by atoms with Crippen LogP contribution in [0.4, 0.5) is 0 Å². The van der Waals surface area contributed by atoms with Crippen LogP contribution in [0.2, 0.25) is 0 Å². The maximum atomic E-state index is 4.06. The zero-order valence-corrected chi connectivity index (χ0v) is 5.68. The summed E-state index contributed by atoms with van der Waals surface area (Å²) in [7, 11) is 0. The molecule has 0 aliphatic heterocycles. The van der Waals surface area contributed by atoms with Gasteiger partial charge in [0.05, 0.1) is 0 Å². The molecule has 0 spiro atoms. The fourth-order valence-corrected chi connectivity index (χ4v) is 0.618. The van der Waals surface area contributed by atoms with Gasteiger partial charge in [-0.05, 0) is 19.4 Å². The summed E-state index contributed by atoms with van der Waals surface area (Å²) in [5.41, 5.74) is 1.18. The highest BCUT2D eigenvalue weighted by Crippen LogP contribution is 2.04. The summed E-state index contributed by atoms with van der Waals surface area (Å²) in [5, 5.41) is 0. The van der Waals surface area contributed by atoms with E-state index in [-0.39, 0.29) is 0 Å². The summed E-state index contributed by atoms with van der Waals surface area (Å²) in [6.07, 6.45) is 5.60. The van der Waals surface area contributed by atoms with E-state index in [1.54, 1.807) is 6.20 Å². The molecule has 0 aliphatic rings. The van der Waals surface area contributed by atoms with Gasteiger partial charge < -0.3 is 4.98 Å². The van der Waals surface area contributed by atoms with Gasteiger partial charge in [0.15, 0.2) is 0 Å². The van der Waals surface area contributed by atoms with Gasteiger partial charge in [0, 0.05) is 12.4 Å². The Hall–Kier alpha value is -1.05. The molecule has 0 saturated heterocycles. The van der Waals surface area contributed by atoms with E-state index in [0.29, 0.717) is 0 Å². The van der Waals surface area contributed by atoms with Crippen LogP contribution in [0.3, 0.4) is 0 Å². The molecule has 1 aromatic rings. The summed E-state index contributed by atoms with van der Waals surface area (Å²) in [5.74, 6) is 0.956. The maximum Gasteiger partial charge on any atom is 0.132 e. The molecule has 1 N–H and O–H groups in total. The van der Waals surface area contributed by atoms with E-state index >= 15 is 0 Å². The van der Waals surface area contributed by atoms with E-state index in [1.165, 1.54) is 5.57 Å². The predicted molar refractivity (Wildman–Crippen MR) is 37.9 cm³/mol. The first-order chi connectivity index (χ1) is 4.34. The van der Waals surface area contributed by atoms with Crippen molar-refractivity contribution < 1.29 is 0 Å². The first kappa shape index (κ1) is 6.08. The molecule has 0 fully saturated rings. The standard InChI is InChI=1S/C7H10N2/c1-3-6(2)7-8-4-5-9-7/h3-5H,1-2H3,(H,8,9)/b6-3+. The molecule has 0 atom stereocenters. The summed E-state index contributed by atoms with van der Waals surface area (Å²) in [6, 6.07) is 0. The first-order valence-corrected chi connectivity index (χ1v) is 2.97. The summed E-state index contributed by atoms with van der Waals surface area (Å²) in [6.45, 7) is 4.02. The second-order valence-corrected chi connectivity index (χ2v) is 1.91. The number of nitrogens with one attached hydrogen (secondary N) is 1. The lowest BCUT2D eigenvalue weighted by Crippen LogP contribution is -1.79. The fourth-order valence-electron chi connectivity index (χ4n) is 0.618. The molecular formula is C7H10N2. The van der Waals surface area contributed by atoms with Crippen LogP contribution in [0.5, 0.6) is 0 Å². The highest BCUT2D eigenvalue weighted by molar-refractivity contribution is 5.56. The lowest BCUT2D eigenvalue weighted by molar-refractivity contribution is 1.23. The van der Waals surface area contributed by atoms with E-state index in [0.717, 1.165) is 5.82 Å². The van der Waals surface area contributed by atoms with Crippen molar-refractivity contribution in [1.82, 2.24) is 9.97 Å². The minimum absolute atomic E-state index is 0.956. The second kappa shape index (κ2) is 2.49. The first-order valence-electron chi connectivity index (χ1n) is 2.97. The van der Waals surface area contributed by atoms with Crippen molar-refractivity contribution in [3.05, 3.63) is 24.3 Å². The number of H-pyrrole nitrogens is 1. The largest absolute Gasteiger partial charge is 0.345 e. The molecule has 0 unspecified atom stereocenters. The van der Waals surface area contributed by atoms with Crippen LogP contribution >= 0.6 is 0 Å². The molecule has 0 radical (unpaired) electrons. The predicted octanol–water partition coefficient (Wildman–Crippen LogP) is 1.83. The molecule has 2 nitrogen and oxygen atoms in total. The van der Waals surface area contributed by atoms with Gasteiger partial charge in [-0.1, -0.05) is 6.08 Å². The van der Waals surface area contributed by atoms with E-state index in [2.05, 4.69) is 9.97 Å². The van der Waals surface area contributed by atoms with Crippen molar-refractivity contribution in [2.75, 3.05) is 0 Å². The third kappa shape index (κ3) is 1.19. The number of aromatic nitrogens is 2. The molecule has 0 amide bonds. The van der Waals surface area contributed by atoms with Gasteiger partial charge in [0.2, 0.25) is 0 Å². The number of hydrogen-bond acceptors (Lipinski definition) is 1. The number of rotatable bonds is 1. The lowest BCUT2D eigenvalue weighted by atomic mass is 10.3. The van der Waals surface area contributed by atoms with Gasteiger partial charge in [0.1, 0.15) is 5.82 Å². The third-order valence-electron chi connectivity index (χ3n) is 1.30. The van der Waals surface area contributed by atoms with E-state index < -0.39 is 0 Å². The van der Waals surface area contributed by atoms with Crippen LogP contribution in [-0.2, 0) is 0 Å². The highest BCUT2D eigenvalue weighted by atomic mass is 14.9. The molecule has 48 valence electrons. The summed E-state index contributed by atoms with van der Waals surface area (Å²) < 4.78 is 0. The molecule has 9 heavy (non-hydrogen) atoms. The Bertz CT molecular complexity index is 197. The minimum Gasteiger partial charge on any atom is -0.345 e. The highest BCUT2D eigenvalue weighted by Gasteiger charge is 1.92. The summed E-state index contributed by atoms with van der Waals surface area (Å²) >= 11 is 0. The van der Waals surface area contributed by atoms with Crippen LogP contribution in [0.15, 0.2) is 18.5 Å². The molecule has 1 heterocycles. The number of imidazole rings is 1. The molecule has 2 heteroatoms. The van der Waals surface area contributed by atoms with E-state index in [9.17, 15) is 0 Å². The van der Waals surface area contributed by atoms with Crippen molar-refractivity contribution in [2.45, 2.75) is 13.8 Å². The van der Waals surface area contributed by atoms with Gasteiger partial charge in [-0.2, -0.15) is 0 Å². The van der Waals surface area contributed by atoms with E-state index in [4.69, 9.17) is 0 Å². The topological polar surface area (TPSA) is 28.7 Å². The third-order valence-corrected chi connectivity index (χ3v) is 1.30. The molecular weight excluding hydrogens is 112 g/mol. The van der Waals surface area contributed by atoms with Crippen LogP contribution in [0.1, 0.15) is 19.7 Å². The molecule has 1 aromatic heterocycles. The van der Waals surface area contributed by atoms with Crippen LogP contribution in [-0.4, -0.2) is 9.97 Å². The normalized spacial score (nSPS) is 12.0. The molecule has 0 aromatic carbocycles. The Morgan fingerprint density at radius 1 is 1.78 bits per heavy atom. The zero-order chi connectivity index (χ0) is 6.69. The maximum absolute atomic E-state index is 4.06. The number of aromatic amines is 1. The number of allylic oxidation sites excluding steroid dienone is 2. The lowest BCUT2D eigenvalue weighted by Gasteiger charge is -1.90. The van der Waals surface area contributed by atoms with Gasteiger partial charge in [-0.3, -0.25) is 0 Å². The Balaban J connectivity index is 2.90. The number of nitrogens with zero attached hydrogens (tertiary/aromatic N) is 1. The Kier molecular flexibility index (Phi) is 1.68. The molecule has 0 saturated carbocycles. The SMILES string of the molecule is C/C=C(\C)c1ncc[nH]1. The average Bonchev–Trinajstić information content (AvgIpc) is 2.37. The monoisotopic (exact) mass is 122 g/mol. The Morgan fingerprint density at radius 2 is 2.56 bits per heavy atom. The van der Waals surface area contributed by atoms with Gasteiger partial charge >= 0.3 is 0 Å². The quantitative estimate of drug-likeness (QED) is 0.604.